The van der Waals surface area contributed by atoms with Crippen LogP contribution in [0.3, 0.4) is 0 Å². The van der Waals surface area contributed by atoms with Crippen molar-refractivity contribution in [3.05, 3.63) is 59.5 Å². The van der Waals surface area contributed by atoms with Crippen molar-refractivity contribution in [1.82, 2.24) is 9.55 Å². The Morgan fingerprint density at radius 1 is 1.28 bits per heavy atom. The van der Waals surface area contributed by atoms with Gasteiger partial charge in [-0.25, -0.2) is 9.78 Å². The van der Waals surface area contributed by atoms with Gasteiger partial charge in [0, 0.05) is 22.0 Å². The molecule has 5 heteroatoms. The Labute approximate surface area is 145 Å². The number of aromatic nitrogens is 2. The molecule has 4 rings (SSSR count). The molecule has 1 N–H and O–H groups in total. The molecule has 128 valence electrons. The number of aromatic carboxylic acids is 1. The number of carboxylic acids is 1. The second kappa shape index (κ2) is 5.62. The SMILES string of the molecule is COc1ccc2c(c1)cc(C1(C)CC1)n2Cc1cccc(C(=O)O)n1. The number of benzene rings is 1. The summed E-state index contributed by atoms with van der Waals surface area (Å²) in [6.45, 7) is 2.83. The molecule has 0 bridgehead atoms. The average molecular weight is 336 g/mol. The number of carbonyl (C=O) groups is 1. The first-order valence-corrected chi connectivity index (χ1v) is 8.37. The highest BCUT2D eigenvalue weighted by Gasteiger charge is 2.41. The van der Waals surface area contributed by atoms with Gasteiger partial charge in [0.2, 0.25) is 0 Å². The number of methoxy groups -OCH3 is 1. The van der Waals surface area contributed by atoms with E-state index < -0.39 is 5.97 Å². The van der Waals surface area contributed by atoms with Gasteiger partial charge in [0.05, 0.1) is 19.3 Å². The molecule has 1 aliphatic rings. The number of ether oxygens (including phenoxy) is 1. The number of pyridine rings is 1. The van der Waals surface area contributed by atoms with E-state index >= 15 is 0 Å². The smallest absolute Gasteiger partial charge is 0.354 e. The number of carboxylic acid groups (broad SMARTS) is 1. The Morgan fingerprint density at radius 2 is 2.08 bits per heavy atom. The first-order valence-electron chi connectivity index (χ1n) is 8.37. The predicted molar refractivity (Wildman–Crippen MR) is 95.4 cm³/mol. The fourth-order valence-corrected chi connectivity index (χ4v) is 3.34. The third-order valence-electron chi connectivity index (χ3n) is 5.07. The molecular formula is C20H20N2O3. The normalized spacial score (nSPS) is 15.3. The first kappa shape index (κ1) is 15.7. The highest BCUT2D eigenvalue weighted by atomic mass is 16.5. The molecule has 1 fully saturated rings. The van der Waals surface area contributed by atoms with Crippen LogP contribution in [0.2, 0.25) is 0 Å². The van der Waals surface area contributed by atoms with E-state index in [2.05, 4.69) is 28.6 Å². The van der Waals surface area contributed by atoms with Crippen molar-refractivity contribution in [2.45, 2.75) is 31.7 Å². The Morgan fingerprint density at radius 3 is 2.76 bits per heavy atom. The van der Waals surface area contributed by atoms with Gasteiger partial charge in [-0.1, -0.05) is 13.0 Å². The Balaban J connectivity index is 1.82. The lowest BCUT2D eigenvalue weighted by molar-refractivity contribution is 0.0690. The fraction of sp³-hybridized carbons (Fsp3) is 0.300. The van der Waals surface area contributed by atoms with Gasteiger partial charge in [0.1, 0.15) is 11.4 Å². The molecule has 0 radical (unpaired) electrons. The molecule has 1 aromatic carbocycles. The second-order valence-electron chi connectivity index (χ2n) is 6.92. The molecule has 2 heterocycles. The molecule has 0 amide bonds. The molecular weight excluding hydrogens is 316 g/mol. The van der Waals surface area contributed by atoms with Crippen LogP contribution in [0.1, 0.15) is 41.6 Å². The monoisotopic (exact) mass is 336 g/mol. The maximum Gasteiger partial charge on any atom is 0.354 e. The Hall–Kier alpha value is -2.82. The zero-order valence-electron chi connectivity index (χ0n) is 14.3. The third kappa shape index (κ3) is 2.76. The van der Waals surface area contributed by atoms with Gasteiger partial charge in [0.25, 0.3) is 0 Å². The van der Waals surface area contributed by atoms with Gasteiger partial charge in [-0.3, -0.25) is 0 Å². The van der Waals surface area contributed by atoms with Crippen LogP contribution in [0, 0.1) is 0 Å². The van der Waals surface area contributed by atoms with Crippen LogP contribution in [0.15, 0.2) is 42.5 Å². The quantitative estimate of drug-likeness (QED) is 0.769. The maximum atomic E-state index is 11.2. The summed E-state index contributed by atoms with van der Waals surface area (Å²) < 4.78 is 7.61. The summed E-state index contributed by atoms with van der Waals surface area (Å²) in [6.07, 6.45) is 2.34. The number of rotatable bonds is 5. The van der Waals surface area contributed by atoms with Crippen LogP contribution in [0.4, 0.5) is 0 Å². The maximum absolute atomic E-state index is 11.2. The number of fused-ring (bicyclic) bond motifs is 1. The van der Waals surface area contributed by atoms with Crippen LogP contribution >= 0.6 is 0 Å². The van der Waals surface area contributed by atoms with Gasteiger partial charge in [0.15, 0.2) is 0 Å². The highest BCUT2D eigenvalue weighted by Crippen LogP contribution is 2.49. The first-order chi connectivity index (χ1) is 12.0. The molecule has 0 atom stereocenters. The van der Waals surface area contributed by atoms with E-state index in [1.807, 2.05) is 18.2 Å². The molecule has 1 aliphatic carbocycles. The zero-order valence-corrected chi connectivity index (χ0v) is 14.3. The summed E-state index contributed by atoms with van der Waals surface area (Å²) in [7, 11) is 1.67. The summed E-state index contributed by atoms with van der Waals surface area (Å²) in [5.41, 5.74) is 3.41. The molecule has 0 unspecified atom stereocenters. The van der Waals surface area contributed by atoms with E-state index in [0.29, 0.717) is 6.54 Å². The average Bonchev–Trinajstić information content (AvgIpc) is 3.26. The van der Waals surface area contributed by atoms with Gasteiger partial charge in [-0.2, -0.15) is 0 Å². The molecule has 0 aliphatic heterocycles. The number of hydrogen-bond acceptors (Lipinski definition) is 3. The minimum Gasteiger partial charge on any atom is -0.497 e. The fourth-order valence-electron chi connectivity index (χ4n) is 3.34. The van der Waals surface area contributed by atoms with Gasteiger partial charge in [-0.05, 0) is 49.2 Å². The van der Waals surface area contributed by atoms with Crippen LogP contribution < -0.4 is 4.74 Å². The van der Waals surface area contributed by atoms with Crippen LogP contribution in [0.5, 0.6) is 5.75 Å². The molecule has 5 nitrogen and oxygen atoms in total. The minimum absolute atomic E-state index is 0.0785. The van der Waals surface area contributed by atoms with Crippen molar-refractivity contribution in [3.8, 4) is 5.75 Å². The minimum atomic E-state index is -1.00. The van der Waals surface area contributed by atoms with E-state index in [9.17, 15) is 9.90 Å². The van der Waals surface area contributed by atoms with Crippen LogP contribution in [-0.4, -0.2) is 27.7 Å². The third-order valence-corrected chi connectivity index (χ3v) is 5.07. The zero-order chi connectivity index (χ0) is 17.6. The topological polar surface area (TPSA) is 64.3 Å². The number of hydrogen-bond donors (Lipinski definition) is 1. The summed E-state index contributed by atoms with van der Waals surface area (Å²) in [6, 6.07) is 13.4. The van der Waals surface area contributed by atoms with Crippen molar-refractivity contribution in [1.29, 1.82) is 0 Å². The lowest BCUT2D eigenvalue weighted by atomic mass is 10.1. The molecule has 25 heavy (non-hydrogen) atoms. The van der Waals surface area contributed by atoms with E-state index in [0.717, 1.165) is 22.3 Å². The number of nitrogens with zero attached hydrogens (tertiary/aromatic N) is 2. The summed E-state index contributed by atoms with van der Waals surface area (Å²) >= 11 is 0. The lowest BCUT2D eigenvalue weighted by Crippen LogP contribution is -2.13. The van der Waals surface area contributed by atoms with Gasteiger partial charge >= 0.3 is 5.97 Å². The largest absolute Gasteiger partial charge is 0.497 e. The second-order valence-corrected chi connectivity index (χ2v) is 6.92. The lowest BCUT2D eigenvalue weighted by Gasteiger charge is -2.15. The molecule has 2 aromatic heterocycles. The van der Waals surface area contributed by atoms with Gasteiger partial charge in [-0.15, -0.1) is 0 Å². The van der Waals surface area contributed by atoms with Crippen molar-refractivity contribution in [2.75, 3.05) is 7.11 Å². The van der Waals surface area contributed by atoms with Gasteiger partial charge < -0.3 is 14.4 Å². The highest BCUT2D eigenvalue weighted by molar-refractivity contribution is 5.85. The Kier molecular flexibility index (Phi) is 3.53. The summed E-state index contributed by atoms with van der Waals surface area (Å²) in [4.78, 5) is 15.5. The standard InChI is InChI=1S/C20H20N2O3/c1-20(8-9-20)18-11-13-10-15(25-2)6-7-17(13)22(18)12-14-4-3-5-16(21-14)19(23)24/h3-7,10-11H,8-9,12H2,1-2H3,(H,23,24). The van der Waals surface area contributed by atoms with E-state index in [-0.39, 0.29) is 11.1 Å². The van der Waals surface area contributed by atoms with Crippen LogP contribution in [0.25, 0.3) is 10.9 Å². The van der Waals surface area contributed by atoms with Crippen molar-refractivity contribution >= 4 is 16.9 Å². The van der Waals surface area contributed by atoms with Crippen molar-refractivity contribution in [3.63, 3.8) is 0 Å². The molecule has 3 aromatic rings. The van der Waals surface area contributed by atoms with Crippen molar-refractivity contribution in [2.24, 2.45) is 0 Å². The summed E-state index contributed by atoms with van der Waals surface area (Å²) in [5, 5.41) is 10.3. The van der Waals surface area contributed by atoms with E-state index in [1.54, 1.807) is 13.2 Å². The Bertz CT molecular complexity index is 970. The van der Waals surface area contributed by atoms with E-state index in [4.69, 9.17) is 4.74 Å². The van der Waals surface area contributed by atoms with Crippen molar-refractivity contribution < 1.29 is 14.6 Å². The van der Waals surface area contributed by atoms with E-state index in [1.165, 1.54) is 24.6 Å². The summed E-state index contributed by atoms with van der Waals surface area (Å²) in [5.74, 6) is -0.165. The molecule has 0 saturated heterocycles. The van der Waals surface area contributed by atoms with Crippen LogP contribution in [-0.2, 0) is 12.0 Å². The molecule has 0 spiro atoms. The molecule has 1 saturated carbocycles. The predicted octanol–water partition coefficient (Wildman–Crippen LogP) is 3.84.